The number of fused-ring (bicyclic) bond motifs is 1. The summed E-state index contributed by atoms with van der Waals surface area (Å²) in [5.41, 5.74) is 9.33. The second-order valence-electron chi connectivity index (χ2n) is 6.17. The van der Waals surface area contributed by atoms with Crippen molar-refractivity contribution >= 4 is 50.9 Å². The number of halogens is 1. The highest BCUT2D eigenvalue weighted by Crippen LogP contribution is 2.33. The molecule has 3 rings (SSSR count). The molecule has 0 spiro atoms. The Hall–Kier alpha value is -1.57. The number of aryl methyl sites for hydroxylation is 1. The Balaban J connectivity index is 0.00000225. The van der Waals surface area contributed by atoms with Crippen molar-refractivity contribution in [3.8, 4) is 0 Å². The SMILES string of the molecule is Cc1sc(C(=O)N2CCCc3c(N)cccc32)cc1CS(C)(=O)=O.Cl. The molecule has 0 saturated heterocycles. The summed E-state index contributed by atoms with van der Waals surface area (Å²) in [5, 5.41) is 0. The maximum absolute atomic E-state index is 13.0. The summed E-state index contributed by atoms with van der Waals surface area (Å²) >= 11 is 1.35. The minimum Gasteiger partial charge on any atom is -0.398 e. The maximum atomic E-state index is 13.0. The van der Waals surface area contributed by atoms with Crippen LogP contribution in [0.3, 0.4) is 0 Å². The average Bonchev–Trinajstić information content (AvgIpc) is 2.86. The summed E-state index contributed by atoms with van der Waals surface area (Å²) in [6.45, 7) is 2.50. The highest BCUT2D eigenvalue weighted by molar-refractivity contribution is 7.89. The minimum atomic E-state index is -3.13. The van der Waals surface area contributed by atoms with Gasteiger partial charge in [0, 0.05) is 29.1 Å². The molecule has 1 amide bonds. The van der Waals surface area contributed by atoms with E-state index in [2.05, 4.69) is 0 Å². The van der Waals surface area contributed by atoms with E-state index in [9.17, 15) is 13.2 Å². The topological polar surface area (TPSA) is 80.5 Å². The zero-order chi connectivity index (χ0) is 17.5. The van der Waals surface area contributed by atoms with Gasteiger partial charge in [0.05, 0.1) is 10.6 Å². The van der Waals surface area contributed by atoms with Gasteiger partial charge in [-0.1, -0.05) is 6.07 Å². The highest BCUT2D eigenvalue weighted by atomic mass is 35.5. The van der Waals surface area contributed by atoms with Crippen molar-refractivity contribution < 1.29 is 13.2 Å². The fourth-order valence-corrected chi connectivity index (χ4v) is 4.99. The second-order valence-corrected chi connectivity index (χ2v) is 9.56. The number of benzene rings is 1. The molecular weight excluding hydrogens is 380 g/mol. The summed E-state index contributed by atoms with van der Waals surface area (Å²) in [6.07, 6.45) is 2.94. The van der Waals surface area contributed by atoms with E-state index < -0.39 is 9.84 Å². The lowest BCUT2D eigenvalue weighted by Crippen LogP contribution is -2.35. The summed E-state index contributed by atoms with van der Waals surface area (Å²) in [5.74, 6) is -0.124. The van der Waals surface area contributed by atoms with Crippen LogP contribution < -0.4 is 10.6 Å². The molecule has 0 aliphatic carbocycles. The fourth-order valence-electron chi connectivity index (χ4n) is 3.05. The molecule has 25 heavy (non-hydrogen) atoms. The van der Waals surface area contributed by atoms with Gasteiger partial charge in [0.25, 0.3) is 5.91 Å². The average molecular weight is 401 g/mol. The van der Waals surface area contributed by atoms with Gasteiger partial charge >= 0.3 is 0 Å². The van der Waals surface area contributed by atoms with Gasteiger partial charge in [-0.2, -0.15) is 0 Å². The molecule has 1 aromatic heterocycles. The maximum Gasteiger partial charge on any atom is 0.268 e. The zero-order valence-corrected chi connectivity index (χ0v) is 16.6. The molecule has 2 aromatic rings. The predicted octanol–water partition coefficient (Wildman–Crippen LogP) is 3.20. The summed E-state index contributed by atoms with van der Waals surface area (Å²) in [7, 11) is -3.13. The number of anilines is 2. The van der Waals surface area contributed by atoms with E-state index in [0.29, 0.717) is 22.7 Å². The van der Waals surface area contributed by atoms with Gasteiger partial charge in [0.15, 0.2) is 9.84 Å². The van der Waals surface area contributed by atoms with Crippen molar-refractivity contribution in [2.45, 2.75) is 25.5 Å². The number of thiophene rings is 1. The third kappa shape index (κ3) is 4.16. The molecule has 0 saturated carbocycles. The Morgan fingerprint density at radius 2 is 2.08 bits per heavy atom. The lowest BCUT2D eigenvalue weighted by atomic mass is 9.99. The Morgan fingerprint density at radius 3 is 2.76 bits per heavy atom. The van der Waals surface area contributed by atoms with E-state index >= 15 is 0 Å². The first-order chi connectivity index (χ1) is 11.3. The normalized spacial score (nSPS) is 13.9. The van der Waals surface area contributed by atoms with Crippen molar-refractivity contribution in [3.63, 3.8) is 0 Å². The number of carbonyl (C=O) groups excluding carboxylic acids is 1. The van der Waals surface area contributed by atoms with Crippen molar-refractivity contribution in [2.75, 3.05) is 23.4 Å². The van der Waals surface area contributed by atoms with E-state index in [1.54, 1.807) is 11.0 Å². The van der Waals surface area contributed by atoms with Gasteiger partial charge in [-0.25, -0.2) is 8.42 Å². The van der Waals surface area contributed by atoms with E-state index in [-0.39, 0.29) is 24.1 Å². The molecule has 2 heterocycles. The second kappa shape index (κ2) is 7.35. The molecule has 136 valence electrons. The molecule has 5 nitrogen and oxygen atoms in total. The number of rotatable bonds is 3. The van der Waals surface area contributed by atoms with Crippen LogP contribution in [0.1, 0.15) is 32.1 Å². The number of carbonyl (C=O) groups is 1. The molecule has 0 atom stereocenters. The molecule has 1 aliphatic rings. The van der Waals surface area contributed by atoms with Crippen LogP contribution in [-0.2, 0) is 22.0 Å². The number of hydrogen-bond acceptors (Lipinski definition) is 5. The molecule has 2 N–H and O–H groups in total. The largest absolute Gasteiger partial charge is 0.398 e. The lowest BCUT2D eigenvalue weighted by Gasteiger charge is -2.30. The van der Waals surface area contributed by atoms with E-state index in [1.807, 2.05) is 25.1 Å². The Bertz CT molecular complexity index is 907. The minimum absolute atomic E-state index is 0. The number of nitrogens with zero attached hydrogens (tertiary/aromatic N) is 1. The standard InChI is InChI=1S/C17H20N2O3S2.ClH/c1-11-12(10-24(2,21)22)9-16(23-11)17(20)19-8-4-5-13-14(18)6-3-7-15(13)19;/h3,6-7,9H,4-5,8,10,18H2,1-2H3;1H. The van der Waals surface area contributed by atoms with Crippen LogP contribution in [-0.4, -0.2) is 27.1 Å². The Labute approximate surface area is 158 Å². The molecule has 0 bridgehead atoms. The molecule has 1 aliphatic heterocycles. The van der Waals surface area contributed by atoms with Crippen LogP contribution >= 0.6 is 23.7 Å². The first-order valence-electron chi connectivity index (χ1n) is 7.72. The third-order valence-electron chi connectivity index (χ3n) is 4.18. The van der Waals surface area contributed by atoms with Crippen LogP contribution in [0.25, 0.3) is 0 Å². The summed E-state index contributed by atoms with van der Waals surface area (Å²) < 4.78 is 23.1. The molecule has 0 unspecified atom stereocenters. The van der Waals surface area contributed by atoms with Crippen LogP contribution in [0.4, 0.5) is 11.4 Å². The monoisotopic (exact) mass is 400 g/mol. The number of nitrogens with two attached hydrogens (primary N) is 1. The van der Waals surface area contributed by atoms with Crippen molar-refractivity contribution in [2.24, 2.45) is 0 Å². The quantitative estimate of drug-likeness (QED) is 0.802. The molecule has 1 aromatic carbocycles. The number of sulfone groups is 1. The number of hydrogen-bond donors (Lipinski definition) is 1. The molecule has 0 radical (unpaired) electrons. The van der Waals surface area contributed by atoms with Gasteiger partial charge in [-0.3, -0.25) is 4.79 Å². The van der Waals surface area contributed by atoms with Crippen molar-refractivity contribution in [3.05, 3.63) is 45.1 Å². The molecular formula is C17H21ClN2O3S2. The smallest absolute Gasteiger partial charge is 0.268 e. The molecule has 0 fully saturated rings. The zero-order valence-electron chi connectivity index (χ0n) is 14.1. The summed E-state index contributed by atoms with van der Waals surface area (Å²) in [4.78, 5) is 16.1. The summed E-state index contributed by atoms with van der Waals surface area (Å²) in [6, 6.07) is 7.34. The fraction of sp³-hybridized carbons (Fsp3) is 0.353. The first-order valence-corrected chi connectivity index (χ1v) is 10.6. The van der Waals surface area contributed by atoms with E-state index in [4.69, 9.17) is 5.73 Å². The van der Waals surface area contributed by atoms with Crippen molar-refractivity contribution in [1.29, 1.82) is 0 Å². The van der Waals surface area contributed by atoms with Gasteiger partial charge < -0.3 is 10.6 Å². The number of nitrogen functional groups attached to an aromatic ring is 1. The van der Waals surface area contributed by atoms with E-state index in [1.165, 1.54) is 17.6 Å². The van der Waals surface area contributed by atoms with Crippen LogP contribution in [0, 0.1) is 6.92 Å². The Morgan fingerprint density at radius 1 is 1.36 bits per heavy atom. The van der Waals surface area contributed by atoms with Crippen LogP contribution in [0.15, 0.2) is 24.3 Å². The van der Waals surface area contributed by atoms with Gasteiger partial charge in [0.2, 0.25) is 0 Å². The third-order valence-corrected chi connectivity index (χ3v) is 6.10. The Kier molecular flexibility index (Phi) is 5.81. The highest BCUT2D eigenvalue weighted by Gasteiger charge is 2.26. The number of amides is 1. The van der Waals surface area contributed by atoms with Gasteiger partial charge in [0.1, 0.15) is 0 Å². The lowest BCUT2D eigenvalue weighted by molar-refractivity contribution is 0.0989. The first kappa shape index (κ1) is 19.8. The van der Waals surface area contributed by atoms with Crippen molar-refractivity contribution in [1.82, 2.24) is 0 Å². The van der Waals surface area contributed by atoms with Gasteiger partial charge in [-0.05, 0) is 49.1 Å². The van der Waals surface area contributed by atoms with Gasteiger partial charge in [-0.15, -0.1) is 23.7 Å². The van der Waals surface area contributed by atoms with Crippen LogP contribution in [0.2, 0.25) is 0 Å². The van der Waals surface area contributed by atoms with Crippen LogP contribution in [0.5, 0.6) is 0 Å². The molecule has 8 heteroatoms. The van der Waals surface area contributed by atoms with E-state index in [0.717, 1.165) is 29.0 Å². The predicted molar refractivity (Wildman–Crippen MR) is 106 cm³/mol.